The van der Waals surface area contributed by atoms with E-state index in [-0.39, 0.29) is 0 Å². The molecular weight excluding hydrogens is 370 g/mol. The van der Waals surface area contributed by atoms with E-state index in [1.807, 2.05) is 48.5 Å². The molecule has 0 saturated carbocycles. The number of fused-ring (bicyclic) bond motifs is 1. The van der Waals surface area contributed by atoms with Gasteiger partial charge in [-0.15, -0.1) is 0 Å². The molecule has 0 saturated heterocycles. The number of ether oxygens (including phenoxy) is 1. The maximum absolute atomic E-state index is 9.83. The van der Waals surface area contributed by atoms with Gasteiger partial charge in [0, 0.05) is 17.5 Å². The maximum Gasteiger partial charge on any atom is 0.200 e. The molecule has 29 heavy (non-hydrogen) atoms. The Morgan fingerprint density at radius 1 is 0.897 bits per heavy atom. The van der Waals surface area contributed by atoms with E-state index in [4.69, 9.17) is 4.74 Å². The summed E-state index contributed by atoms with van der Waals surface area (Å²) in [6.07, 6.45) is 0. The number of benzene rings is 3. The average Bonchev–Trinajstić information content (AvgIpc) is 2.75. The van der Waals surface area contributed by atoms with Crippen molar-refractivity contribution in [2.24, 2.45) is 0 Å². The van der Waals surface area contributed by atoms with Crippen LogP contribution in [0.5, 0.6) is 23.0 Å². The van der Waals surface area contributed by atoms with Crippen LogP contribution in [0.1, 0.15) is 5.56 Å². The molecule has 0 radical (unpaired) electrons. The highest BCUT2D eigenvalue weighted by Gasteiger charge is 2.14. The van der Waals surface area contributed by atoms with Crippen LogP contribution in [0.25, 0.3) is 22.3 Å². The third kappa shape index (κ3) is 3.70. The number of aromatic nitrogens is 2. The summed E-state index contributed by atoms with van der Waals surface area (Å²) in [5.74, 6) is 0.261. The number of phenolic OH excluding ortho intramolecular Hbond substituents is 3. The van der Waals surface area contributed by atoms with Gasteiger partial charge in [-0.3, -0.25) is 0 Å². The predicted molar refractivity (Wildman–Crippen MR) is 110 cm³/mol. The molecule has 0 unspecified atom stereocenters. The molecule has 146 valence electrons. The summed E-state index contributed by atoms with van der Waals surface area (Å²) in [7, 11) is 1.63. The van der Waals surface area contributed by atoms with Gasteiger partial charge >= 0.3 is 0 Å². The number of anilines is 1. The summed E-state index contributed by atoms with van der Waals surface area (Å²) in [5, 5.41) is 33.4. The topological polar surface area (TPSA) is 108 Å². The number of para-hydroxylation sites is 1. The van der Waals surface area contributed by atoms with Crippen LogP contribution in [-0.4, -0.2) is 32.4 Å². The first-order valence-electron chi connectivity index (χ1n) is 8.94. The molecule has 0 bridgehead atoms. The minimum atomic E-state index is -0.576. The number of nitrogens with zero attached hydrogens (tertiary/aromatic N) is 2. The Bertz CT molecular complexity index is 1150. The van der Waals surface area contributed by atoms with Gasteiger partial charge in [-0.2, -0.15) is 0 Å². The molecule has 4 aromatic rings. The van der Waals surface area contributed by atoms with Gasteiger partial charge in [0.05, 0.1) is 12.6 Å². The lowest BCUT2D eigenvalue weighted by Gasteiger charge is -2.12. The molecular formula is C22H19N3O4. The lowest BCUT2D eigenvalue weighted by molar-refractivity contribution is 0.368. The lowest BCUT2D eigenvalue weighted by Crippen LogP contribution is -2.04. The molecule has 7 heteroatoms. The molecule has 0 amide bonds. The summed E-state index contributed by atoms with van der Waals surface area (Å²) in [5.41, 5.74) is 2.15. The smallest absolute Gasteiger partial charge is 0.200 e. The average molecular weight is 389 g/mol. The second-order valence-electron chi connectivity index (χ2n) is 6.48. The van der Waals surface area contributed by atoms with Gasteiger partial charge in [-0.1, -0.05) is 24.3 Å². The summed E-state index contributed by atoms with van der Waals surface area (Å²) >= 11 is 0. The van der Waals surface area contributed by atoms with Crippen LogP contribution in [0.15, 0.2) is 60.7 Å². The third-order valence-electron chi connectivity index (χ3n) is 4.55. The summed E-state index contributed by atoms with van der Waals surface area (Å²) in [4.78, 5) is 9.11. The zero-order valence-corrected chi connectivity index (χ0v) is 15.6. The number of phenols is 3. The van der Waals surface area contributed by atoms with Crippen molar-refractivity contribution in [2.45, 2.75) is 6.54 Å². The molecule has 4 N–H and O–H groups in total. The van der Waals surface area contributed by atoms with Crippen molar-refractivity contribution in [1.82, 2.24) is 9.97 Å². The number of aromatic hydroxyl groups is 3. The Kier molecular flexibility index (Phi) is 4.78. The number of nitrogens with one attached hydrogen (secondary N) is 1. The molecule has 0 aliphatic carbocycles. The van der Waals surface area contributed by atoms with Gasteiger partial charge in [0.1, 0.15) is 11.6 Å². The second-order valence-corrected chi connectivity index (χ2v) is 6.48. The lowest BCUT2D eigenvalue weighted by atomic mass is 10.1. The zero-order chi connectivity index (χ0) is 20.4. The Balaban J connectivity index is 1.72. The van der Waals surface area contributed by atoms with E-state index >= 15 is 0 Å². The van der Waals surface area contributed by atoms with E-state index in [1.165, 1.54) is 12.1 Å². The largest absolute Gasteiger partial charge is 0.504 e. The van der Waals surface area contributed by atoms with Crippen LogP contribution in [0, 0.1) is 0 Å². The van der Waals surface area contributed by atoms with Gasteiger partial charge in [-0.25, -0.2) is 9.97 Å². The monoisotopic (exact) mass is 389 g/mol. The number of hydrogen-bond acceptors (Lipinski definition) is 7. The van der Waals surface area contributed by atoms with E-state index in [0.29, 0.717) is 29.3 Å². The van der Waals surface area contributed by atoms with E-state index in [9.17, 15) is 15.3 Å². The van der Waals surface area contributed by atoms with E-state index in [2.05, 4.69) is 15.3 Å². The SMILES string of the molecule is COc1ccc(CNc2nc(-c3cc(O)c(O)c(O)c3)nc3ccccc23)cc1. The fourth-order valence-corrected chi connectivity index (χ4v) is 3.00. The molecule has 0 atom stereocenters. The van der Waals surface area contributed by atoms with Crippen molar-refractivity contribution in [2.75, 3.05) is 12.4 Å². The molecule has 0 fully saturated rings. The quantitative estimate of drug-likeness (QED) is 0.382. The third-order valence-corrected chi connectivity index (χ3v) is 4.55. The fourth-order valence-electron chi connectivity index (χ4n) is 3.00. The highest BCUT2D eigenvalue weighted by Crippen LogP contribution is 2.38. The Morgan fingerprint density at radius 3 is 2.28 bits per heavy atom. The standard InChI is InChI=1S/C22H19N3O4/c1-29-15-8-6-13(7-9-15)12-23-22-16-4-2-3-5-17(16)24-21(25-22)14-10-18(26)20(28)19(27)11-14/h2-11,26-28H,12H2,1H3,(H,23,24,25). The van der Waals surface area contributed by atoms with Crippen molar-refractivity contribution in [3.05, 3.63) is 66.2 Å². The number of rotatable bonds is 5. The van der Waals surface area contributed by atoms with E-state index in [0.717, 1.165) is 16.7 Å². The molecule has 3 aromatic carbocycles. The summed E-state index contributed by atoms with van der Waals surface area (Å²) in [6, 6.07) is 17.9. The molecule has 4 rings (SSSR count). The van der Waals surface area contributed by atoms with Gasteiger partial charge < -0.3 is 25.4 Å². The minimum absolute atomic E-state index is 0.312. The van der Waals surface area contributed by atoms with Crippen molar-refractivity contribution in [3.8, 4) is 34.4 Å². The first kappa shape index (κ1) is 18.4. The Morgan fingerprint density at radius 2 is 1.59 bits per heavy atom. The van der Waals surface area contributed by atoms with E-state index in [1.54, 1.807) is 7.11 Å². The summed E-state index contributed by atoms with van der Waals surface area (Å²) in [6.45, 7) is 0.538. The fraction of sp³-hybridized carbons (Fsp3) is 0.0909. The summed E-state index contributed by atoms with van der Waals surface area (Å²) < 4.78 is 5.18. The van der Waals surface area contributed by atoms with Gasteiger partial charge in [-0.05, 0) is 42.0 Å². The van der Waals surface area contributed by atoms with Crippen LogP contribution in [0.2, 0.25) is 0 Å². The normalized spacial score (nSPS) is 10.8. The van der Waals surface area contributed by atoms with Crippen LogP contribution < -0.4 is 10.1 Å². The van der Waals surface area contributed by atoms with E-state index < -0.39 is 17.2 Å². The molecule has 0 spiro atoms. The first-order valence-corrected chi connectivity index (χ1v) is 8.94. The Hall–Kier alpha value is -4.00. The van der Waals surface area contributed by atoms with Gasteiger partial charge in [0.15, 0.2) is 23.1 Å². The number of hydrogen-bond donors (Lipinski definition) is 4. The van der Waals surface area contributed by atoms with Gasteiger partial charge in [0.2, 0.25) is 0 Å². The van der Waals surface area contributed by atoms with Crippen LogP contribution in [0.4, 0.5) is 5.82 Å². The van der Waals surface area contributed by atoms with Crippen molar-refractivity contribution >= 4 is 16.7 Å². The van der Waals surface area contributed by atoms with Crippen LogP contribution in [-0.2, 0) is 6.54 Å². The minimum Gasteiger partial charge on any atom is -0.504 e. The predicted octanol–water partition coefficient (Wildman–Crippen LogP) is 4.03. The zero-order valence-electron chi connectivity index (χ0n) is 15.6. The number of methoxy groups -OCH3 is 1. The Labute approximate surface area is 166 Å². The van der Waals surface area contributed by atoms with Crippen molar-refractivity contribution < 1.29 is 20.1 Å². The second kappa shape index (κ2) is 7.55. The molecule has 0 aliphatic heterocycles. The molecule has 0 aliphatic rings. The first-order chi connectivity index (χ1) is 14.0. The van der Waals surface area contributed by atoms with Crippen molar-refractivity contribution in [3.63, 3.8) is 0 Å². The highest BCUT2D eigenvalue weighted by atomic mass is 16.5. The van der Waals surface area contributed by atoms with Crippen LogP contribution in [0.3, 0.4) is 0 Å². The highest BCUT2D eigenvalue weighted by molar-refractivity contribution is 5.90. The molecule has 1 aromatic heterocycles. The maximum atomic E-state index is 9.83. The molecule has 1 heterocycles. The molecule has 7 nitrogen and oxygen atoms in total. The van der Waals surface area contributed by atoms with Gasteiger partial charge in [0.25, 0.3) is 0 Å². The van der Waals surface area contributed by atoms with Crippen molar-refractivity contribution in [1.29, 1.82) is 0 Å². The van der Waals surface area contributed by atoms with Crippen LogP contribution >= 0.6 is 0 Å².